The first-order valence-corrected chi connectivity index (χ1v) is 10.7. The van der Waals surface area contributed by atoms with Gasteiger partial charge in [0.2, 0.25) is 0 Å². The molecule has 0 radical (unpaired) electrons. The van der Waals surface area contributed by atoms with Crippen LogP contribution in [0.1, 0.15) is 24.7 Å². The number of fused-ring (bicyclic) bond motifs is 1. The van der Waals surface area contributed by atoms with Gasteiger partial charge in [-0.15, -0.1) is 0 Å². The predicted molar refractivity (Wildman–Crippen MR) is 123 cm³/mol. The van der Waals surface area contributed by atoms with Gasteiger partial charge < -0.3 is 9.84 Å². The van der Waals surface area contributed by atoms with Crippen LogP contribution in [0.3, 0.4) is 0 Å². The molecule has 7 nitrogen and oxygen atoms in total. The number of carboxylic acid groups (broad SMARTS) is 1. The van der Waals surface area contributed by atoms with Gasteiger partial charge in [0.1, 0.15) is 11.6 Å². The molecule has 0 saturated heterocycles. The van der Waals surface area contributed by atoms with Crippen molar-refractivity contribution in [3.63, 3.8) is 0 Å². The van der Waals surface area contributed by atoms with Gasteiger partial charge in [0.15, 0.2) is 6.61 Å². The van der Waals surface area contributed by atoms with E-state index in [1.807, 2.05) is 19.1 Å². The smallest absolute Gasteiger partial charge is 0.341 e. The van der Waals surface area contributed by atoms with Gasteiger partial charge >= 0.3 is 5.97 Å². The maximum atomic E-state index is 13.0. The average Bonchev–Trinajstić information content (AvgIpc) is 2.68. The molecule has 1 heterocycles. The summed E-state index contributed by atoms with van der Waals surface area (Å²) in [6.07, 6.45) is 3.03. The van der Waals surface area contributed by atoms with Crippen LogP contribution in [-0.2, 0) is 11.2 Å². The summed E-state index contributed by atoms with van der Waals surface area (Å²) >= 11 is 5.45. The molecule has 1 N–H and O–H groups in total. The van der Waals surface area contributed by atoms with Crippen molar-refractivity contribution in [3.05, 3.63) is 66.2 Å². The minimum absolute atomic E-state index is 0.230. The lowest BCUT2D eigenvalue weighted by atomic mass is 10.2. The number of benzene rings is 2. The van der Waals surface area contributed by atoms with Gasteiger partial charge in [-0.1, -0.05) is 22.9 Å². The Kier molecular flexibility index (Phi) is 7.01. The normalized spacial score (nSPS) is 11.3. The average molecular weight is 570 g/mol. The highest BCUT2D eigenvalue weighted by molar-refractivity contribution is 14.1. The summed E-state index contributed by atoms with van der Waals surface area (Å²) in [6.45, 7) is 1.61. The van der Waals surface area contributed by atoms with E-state index < -0.39 is 12.6 Å². The van der Waals surface area contributed by atoms with E-state index in [0.717, 1.165) is 20.0 Å². The Balaban J connectivity index is 1.98. The lowest BCUT2D eigenvalue weighted by Gasteiger charge is -2.09. The zero-order chi connectivity index (χ0) is 21.0. The van der Waals surface area contributed by atoms with E-state index in [2.05, 4.69) is 48.6 Å². The number of ether oxygens (including phenoxy) is 1. The second kappa shape index (κ2) is 9.49. The van der Waals surface area contributed by atoms with Crippen molar-refractivity contribution in [1.29, 1.82) is 0 Å². The van der Waals surface area contributed by atoms with Crippen LogP contribution in [0.5, 0.6) is 5.75 Å². The molecule has 2 aromatic carbocycles. The lowest BCUT2D eigenvalue weighted by molar-refractivity contribution is -0.139. The van der Waals surface area contributed by atoms with E-state index in [1.165, 1.54) is 4.68 Å². The highest BCUT2D eigenvalue weighted by atomic mass is 127. The number of aromatic nitrogens is 2. The van der Waals surface area contributed by atoms with Crippen molar-refractivity contribution in [2.45, 2.75) is 19.8 Å². The molecule has 0 bridgehead atoms. The van der Waals surface area contributed by atoms with Gasteiger partial charge in [-0.2, -0.15) is 9.78 Å². The van der Waals surface area contributed by atoms with Crippen LogP contribution >= 0.6 is 38.5 Å². The quantitative estimate of drug-likeness (QED) is 0.342. The largest absolute Gasteiger partial charge is 0.481 e. The molecular formula is C20H17BrIN3O4. The minimum Gasteiger partial charge on any atom is -0.481 e. The molecule has 0 saturated carbocycles. The van der Waals surface area contributed by atoms with Crippen LogP contribution in [0.15, 0.2) is 50.8 Å². The topological polar surface area (TPSA) is 93.8 Å². The van der Waals surface area contributed by atoms with Gasteiger partial charge in [-0.25, -0.2) is 9.78 Å². The van der Waals surface area contributed by atoms with Crippen LogP contribution < -0.4 is 10.3 Å². The fourth-order valence-corrected chi connectivity index (χ4v) is 3.73. The number of halogens is 2. The van der Waals surface area contributed by atoms with Gasteiger partial charge in [-0.3, -0.25) is 4.79 Å². The van der Waals surface area contributed by atoms with E-state index in [1.54, 1.807) is 30.5 Å². The summed E-state index contributed by atoms with van der Waals surface area (Å²) in [5.74, 6) is 0.0376. The maximum Gasteiger partial charge on any atom is 0.341 e. The molecule has 0 fully saturated rings. The second-order valence-corrected chi connectivity index (χ2v) is 8.25. The third kappa shape index (κ3) is 5.21. The molecule has 0 amide bonds. The van der Waals surface area contributed by atoms with Crippen molar-refractivity contribution in [2.75, 3.05) is 6.61 Å². The molecule has 150 valence electrons. The second-order valence-electron chi connectivity index (χ2n) is 6.17. The summed E-state index contributed by atoms with van der Waals surface area (Å²) in [4.78, 5) is 28.2. The molecule has 0 aliphatic heterocycles. The summed E-state index contributed by atoms with van der Waals surface area (Å²) in [5, 5.41) is 13.6. The van der Waals surface area contributed by atoms with Gasteiger partial charge in [0.25, 0.3) is 5.56 Å². The lowest BCUT2D eigenvalue weighted by Crippen LogP contribution is -2.22. The molecule has 1 aromatic heterocycles. The highest BCUT2D eigenvalue weighted by Gasteiger charge is 2.11. The fraction of sp³-hybridized carbons (Fsp3) is 0.200. The Bertz CT molecular complexity index is 1160. The minimum atomic E-state index is -1.04. The van der Waals surface area contributed by atoms with Crippen LogP contribution in [0.4, 0.5) is 0 Å². The molecule has 0 aliphatic carbocycles. The molecule has 0 spiro atoms. The van der Waals surface area contributed by atoms with Gasteiger partial charge in [0, 0.05) is 10.9 Å². The first-order valence-electron chi connectivity index (χ1n) is 8.78. The number of hydrogen-bond acceptors (Lipinski definition) is 5. The van der Waals surface area contributed by atoms with Crippen molar-refractivity contribution in [2.24, 2.45) is 5.10 Å². The van der Waals surface area contributed by atoms with Crippen LogP contribution in [0.25, 0.3) is 10.9 Å². The monoisotopic (exact) mass is 569 g/mol. The fourth-order valence-electron chi connectivity index (χ4n) is 2.68. The van der Waals surface area contributed by atoms with E-state index in [4.69, 9.17) is 9.84 Å². The Morgan fingerprint density at radius 2 is 2.14 bits per heavy atom. The first kappa shape index (κ1) is 21.4. The predicted octanol–water partition coefficient (Wildman–Crippen LogP) is 4.06. The first-order chi connectivity index (χ1) is 13.9. The Hall–Kier alpha value is -2.27. The summed E-state index contributed by atoms with van der Waals surface area (Å²) in [6, 6.07) is 10.6. The number of aliphatic carboxylic acids is 1. The van der Waals surface area contributed by atoms with E-state index in [-0.39, 0.29) is 5.56 Å². The number of nitrogens with zero attached hydrogens (tertiary/aromatic N) is 3. The summed E-state index contributed by atoms with van der Waals surface area (Å²) in [5.41, 5.74) is 1.16. The van der Waals surface area contributed by atoms with E-state index in [9.17, 15) is 9.59 Å². The molecule has 29 heavy (non-hydrogen) atoms. The van der Waals surface area contributed by atoms with Crippen LogP contribution in [0, 0.1) is 3.57 Å². The summed E-state index contributed by atoms with van der Waals surface area (Å²) < 4.78 is 8.10. The van der Waals surface area contributed by atoms with Crippen molar-refractivity contribution in [1.82, 2.24) is 9.66 Å². The van der Waals surface area contributed by atoms with Crippen molar-refractivity contribution in [3.8, 4) is 5.75 Å². The zero-order valence-electron chi connectivity index (χ0n) is 15.4. The summed E-state index contributed by atoms with van der Waals surface area (Å²) in [7, 11) is 0. The molecule has 9 heteroatoms. The standard InChI is InChI=1S/C20H17BrIN3O4/c1-2-3-18-24-16-6-5-13(21)9-14(16)20(28)25(18)23-10-12-4-7-17(15(22)8-12)29-11-19(26)27/h4-10H,2-3,11H2,1H3,(H,26,27). The Morgan fingerprint density at radius 3 is 2.83 bits per heavy atom. The SMILES string of the molecule is CCCc1nc2ccc(Br)cc2c(=O)n1N=Cc1ccc(OCC(=O)O)c(I)c1. The molecule has 0 unspecified atom stereocenters. The number of aryl methyl sites for hydroxylation is 1. The van der Waals surface area contributed by atoms with Gasteiger partial charge in [-0.05, 0) is 71.0 Å². The number of hydrogen-bond donors (Lipinski definition) is 1. The zero-order valence-corrected chi connectivity index (χ0v) is 19.2. The van der Waals surface area contributed by atoms with Crippen molar-refractivity contribution >= 4 is 61.6 Å². The van der Waals surface area contributed by atoms with Crippen molar-refractivity contribution < 1.29 is 14.6 Å². The maximum absolute atomic E-state index is 13.0. The number of carboxylic acids is 1. The molecule has 0 aliphatic rings. The van der Waals surface area contributed by atoms with Crippen LogP contribution in [0.2, 0.25) is 0 Å². The van der Waals surface area contributed by atoms with E-state index in [0.29, 0.717) is 28.9 Å². The number of rotatable bonds is 7. The van der Waals surface area contributed by atoms with Crippen LogP contribution in [-0.4, -0.2) is 33.6 Å². The molecule has 0 atom stereocenters. The number of carbonyl (C=O) groups is 1. The third-order valence-electron chi connectivity index (χ3n) is 3.98. The molecule has 3 aromatic rings. The van der Waals surface area contributed by atoms with E-state index >= 15 is 0 Å². The highest BCUT2D eigenvalue weighted by Crippen LogP contribution is 2.21. The third-order valence-corrected chi connectivity index (χ3v) is 5.31. The molecule has 3 rings (SSSR count). The Labute approximate surface area is 188 Å². The Morgan fingerprint density at radius 1 is 1.34 bits per heavy atom. The van der Waals surface area contributed by atoms with Gasteiger partial charge in [0.05, 0.1) is 20.7 Å². The molecular weight excluding hydrogens is 553 g/mol.